The maximum absolute atomic E-state index is 11.7. The van der Waals surface area contributed by atoms with Crippen LogP contribution in [-0.2, 0) is 4.79 Å². The lowest BCUT2D eigenvalue weighted by Gasteiger charge is -2.19. The van der Waals surface area contributed by atoms with Gasteiger partial charge in [-0.15, -0.1) is 0 Å². The number of carbonyl (C=O) groups excluding carboxylic acids is 1. The Morgan fingerprint density at radius 2 is 2.20 bits per heavy atom. The highest BCUT2D eigenvalue weighted by atomic mass is 32.2. The molecule has 1 saturated carbocycles. The second kappa shape index (κ2) is 4.89. The Kier molecular flexibility index (Phi) is 4.04. The maximum Gasteiger partial charge on any atom is 0.240 e. The molecule has 0 radical (unpaired) electrons. The van der Waals surface area contributed by atoms with Crippen molar-refractivity contribution in [3.8, 4) is 6.07 Å². The van der Waals surface area contributed by atoms with Crippen LogP contribution in [-0.4, -0.2) is 23.5 Å². The lowest BCUT2D eigenvalue weighted by molar-refractivity contribution is -0.127. The van der Waals surface area contributed by atoms with Crippen molar-refractivity contribution in [3.05, 3.63) is 0 Å². The van der Waals surface area contributed by atoms with Gasteiger partial charge in [0.1, 0.15) is 5.41 Å². The molecule has 1 amide bonds. The fraction of sp³-hybridized carbons (Fsp3) is 0.818. The Morgan fingerprint density at radius 3 is 2.67 bits per heavy atom. The first-order valence-electron chi connectivity index (χ1n) is 5.24. The number of hydrogen-bond donors (Lipinski definition) is 1. The molecule has 84 valence electrons. The van der Waals surface area contributed by atoms with E-state index in [0.717, 1.165) is 12.8 Å². The summed E-state index contributed by atoms with van der Waals surface area (Å²) in [4.78, 5) is 11.7. The van der Waals surface area contributed by atoms with Gasteiger partial charge >= 0.3 is 0 Å². The van der Waals surface area contributed by atoms with E-state index in [-0.39, 0.29) is 11.9 Å². The molecule has 0 aliphatic heterocycles. The predicted octanol–water partition coefficient (Wildman–Crippen LogP) is 1.94. The highest BCUT2D eigenvalue weighted by Crippen LogP contribution is 2.28. The van der Waals surface area contributed by atoms with E-state index >= 15 is 0 Å². The summed E-state index contributed by atoms with van der Waals surface area (Å²) in [6.07, 6.45) is 5.35. The van der Waals surface area contributed by atoms with Crippen molar-refractivity contribution in [1.29, 1.82) is 5.26 Å². The topological polar surface area (TPSA) is 52.9 Å². The van der Waals surface area contributed by atoms with Gasteiger partial charge in [-0.2, -0.15) is 17.0 Å². The second-order valence-electron chi connectivity index (χ2n) is 4.58. The van der Waals surface area contributed by atoms with Crippen molar-refractivity contribution >= 4 is 17.7 Å². The Labute approximate surface area is 95.6 Å². The summed E-state index contributed by atoms with van der Waals surface area (Å²) in [6.45, 7) is 3.31. The molecular weight excluding hydrogens is 208 g/mol. The average Bonchev–Trinajstić information content (AvgIpc) is 2.65. The lowest BCUT2D eigenvalue weighted by Crippen LogP contribution is -2.41. The summed E-state index contributed by atoms with van der Waals surface area (Å²) < 4.78 is 0. The molecule has 2 atom stereocenters. The van der Waals surface area contributed by atoms with Crippen molar-refractivity contribution in [2.24, 2.45) is 5.41 Å². The van der Waals surface area contributed by atoms with Crippen LogP contribution in [0.15, 0.2) is 0 Å². The van der Waals surface area contributed by atoms with E-state index in [9.17, 15) is 4.79 Å². The van der Waals surface area contributed by atoms with E-state index in [1.54, 1.807) is 13.8 Å². The molecule has 1 N–H and O–H groups in total. The van der Waals surface area contributed by atoms with Crippen molar-refractivity contribution in [1.82, 2.24) is 5.32 Å². The highest BCUT2D eigenvalue weighted by Gasteiger charge is 2.31. The van der Waals surface area contributed by atoms with E-state index in [0.29, 0.717) is 5.25 Å². The average molecular weight is 226 g/mol. The minimum Gasteiger partial charge on any atom is -0.352 e. The second-order valence-corrected chi connectivity index (χ2v) is 5.72. The molecule has 2 unspecified atom stereocenters. The van der Waals surface area contributed by atoms with Crippen LogP contribution in [0.2, 0.25) is 0 Å². The zero-order valence-corrected chi connectivity index (χ0v) is 10.4. The lowest BCUT2D eigenvalue weighted by atomic mass is 9.94. The number of nitrogens with one attached hydrogen (secondary N) is 1. The van der Waals surface area contributed by atoms with Crippen LogP contribution < -0.4 is 5.32 Å². The van der Waals surface area contributed by atoms with Crippen LogP contribution in [0.3, 0.4) is 0 Å². The summed E-state index contributed by atoms with van der Waals surface area (Å²) >= 11 is 1.86. The minimum absolute atomic E-state index is 0.142. The Bertz CT molecular complexity index is 283. The van der Waals surface area contributed by atoms with Gasteiger partial charge in [0.05, 0.1) is 6.07 Å². The summed E-state index contributed by atoms with van der Waals surface area (Å²) in [7, 11) is 0. The first-order valence-corrected chi connectivity index (χ1v) is 6.53. The van der Waals surface area contributed by atoms with E-state index in [1.165, 1.54) is 6.42 Å². The molecule has 0 aromatic rings. The third-order valence-electron chi connectivity index (χ3n) is 2.90. The molecule has 0 spiro atoms. The smallest absolute Gasteiger partial charge is 0.240 e. The van der Waals surface area contributed by atoms with Gasteiger partial charge in [0.15, 0.2) is 0 Å². The van der Waals surface area contributed by atoms with Gasteiger partial charge < -0.3 is 5.32 Å². The van der Waals surface area contributed by atoms with Crippen LogP contribution >= 0.6 is 11.8 Å². The quantitative estimate of drug-likeness (QED) is 0.800. The van der Waals surface area contributed by atoms with Crippen LogP contribution in [0.1, 0.15) is 33.1 Å². The number of nitriles is 1. The molecular formula is C11H18N2OS. The molecule has 1 aliphatic carbocycles. The molecule has 15 heavy (non-hydrogen) atoms. The van der Waals surface area contributed by atoms with Gasteiger partial charge in [-0.3, -0.25) is 4.79 Å². The Morgan fingerprint density at radius 1 is 1.53 bits per heavy atom. The third-order valence-corrected chi connectivity index (χ3v) is 4.00. The van der Waals surface area contributed by atoms with Gasteiger partial charge in [-0.05, 0) is 39.4 Å². The van der Waals surface area contributed by atoms with Gasteiger partial charge in [0, 0.05) is 11.3 Å². The SMILES string of the molecule is CSC1CCC(NC(=O)C(C)(C)C#N)C1. The number of hydrogen-bond acceptors (Lipinski definition) is 3. The van der Waals surface area contributed by atoms with Gasteiger partial charge in [-0.1, -0.05) is 0 Å². The molecule has 4 heteroatoms. The highest BCUT2D eigenvalue weighted by molar-refractivity contribution is 7.99. The molecule has 1 aliphatic rings. The summed E-state index contributed by atoms with van der Waals surface area (Å²) in [5.41, 5.74) is -0.905. The van der Waals surface area contributed by atoms with Crippen LogP contribution in [0.25, 0.3) is 0 Å². The summed E-state index contributed by atoms with van der Waals surface area (Å²) in [5, 5.41) is 12.4. The third kappa shape index (κ3) is 3.13. The fourth-order valence-electron chi connectivity index (χ4n) is 1.70. The first-order chi connectivity index (χ1) is 6.99. The van der Waals surface area contributed by atoms with Crippen LogP contribution in [0.5, 0.6) is 0 Å². The van der Waals surface area contributed by atoms with Gasteiger partial charge in [0.25, 0.3) is 0 Å². The monoisotopic (exact) mass is 226 g/mol. The van der Waals surface area contributed by atoms with E-state index in [1.807, 2.05) is 17.8 Å². The summed E-state index contributed by atoms with van der Waals surface area (Å²) in [6, 6.07) is 2.29. The zero-order chi connectivity index (χ0) is 11.5. The molecule has 0 heterocycles. The zero-order valence-electron chi connectivity index (χ0n) is 9.54. The molecule has 3 nitrogen and oxygen atoms in total. The summed E-state index contributed by atoms with van der Waals surface area (Å²) in [5.74, 6) is -0.142. The van der Waals surface area contributed by atoms with Gasteiger partial charge in [-0.25, -0.2) is 0 Å². The number of amides is 1. The van der Waals surface area contributed by atoms with Crippen molar-refractivity contribution in [2.45, 2.75) is 44.4 Å². The number of thioether (sulfide) groups is 1. The largest absolute Gasteiger partial charge is 0.352 e. The van der Waals surface area contributed by atoms with Gasteiger partial charge in [0.2, 0.25) is 5.91 Å². The molecule has 0 aromatic carbocycles. The predicted molar refractivity (Wildman–Crippen MR) is 62.5 cm³/mol. The van der Waals surface area contributed by atoms with Crippen molar-refractivity contribution < 1.29 is 4.79 Å². The normalized spacial score (nSPS) is 26.0. The van der Waals surface area contributed by atoms with E-state index in [2.05, 4.69) is 11.6 Å². The molecule has 0 saturated heterocycles. The molecule has 1 fully saturated rings. The number of rotatable bonds is 3. The molecule has 0 bridgehead atoms. The molecule has 1 rings (SSSR count). The van der Waals surface area contributed by atoms with Crippen molar-refractivity contribution in [2.75, 3.05) is 6.26 Å². The Balaban J connectivity index is 2.44. The van der Waals surface area contributed by atoms with Crippen molar-refractivity contribution in [3.63, 3.8) is 0 Å². The van der Waals surface area contributed by atoms with Crippen LogP contribution in [0, 0.1) is 16.7 Å². The van der Waals surface area contributed by atoms with Crippen LogP contribution in [0.4, 0.5) is 0 Å². The number of carbonyl (C=O) groups is 1. The standard InChI is InChI=1S/C11H18N2OS/c1-11(2,7-12)10(14)13-8-4-5-9(6-8)15-3/h8-9H,4-6H2,1-3H3,(H,13,14). The fourth-order valence-corrected chi connectivity index (χ4v) is 2.50. The minimum atomic E-state index is -0.905. The van der Waals surface area contributed by atoms with E-state index in [4.69, 9.17) is 5.26 Å². The number of nitrogens with zero attached hydrogens (tertiary/aromatic N) is 1. The maximum atomic E-state index is 11.7. The molecule has 0 aromatic heterocycles. The Hall–Kier alpha value is -0.690. The van der Waals surface area contributed by atoms with E-state index < -0.39 is 5.41 Å². The first kappa shape index (κ1) is 12.4.